The zero-order chi connectivity index (χ0) is 18.1. The molecule has 0 spiro atoms. The Balaban J connectivity index is 1.47. The molecule has 26 heavy (non-hydrogen) atoms. The first-order valence-corrected chi connectivity index (χ1v) is 8.02. The lowest BCUT2D eigenvalue weighted by Crippen LogP contribution is -2.10. The van der Waals surface area contributed by atoms with E-state index in [1.165, 1.54) is 6.07 Å². The maximum absolute atomic E-state index is 12.7. The van der Waals surface area contributed by atoms with Crippen molar-refractivity contribution in [3.63, 3.8) is 0 Å². The van der Waals surface area contributed by atoms with Crippen LogP contribution in [0.5, 0.6) is 0 Å². The van der Waals surface area contributed by atoms with Gasteiger partial charge in [0, 0.05) is 17.4 Å². The summed E-state index contributed by atoms with van der Waals surface area (Å²) in [6.07, 6.45) is -3.92. The molecular formula is C18H14F3N5. The zero-order valence-electron chi connectivity index (χ0n) is 13.5. The van der Waals surface area contributed by atoms with Gasteiger partial charge in [0.2, 0.25) is 5.95 Å². The summed E-state index contributed by atoms with van der Waals surface area (Å²) in [5.74, 6) is 0.330. The Kier molecular flexibility index (Phi) is 3.95. The minimum Gasteiger partial charge on any atom is -0.353 e. The number of hydrogen-bond donors (Lipinski definition) is 2. The van der Waals surface area contributed by atoms with Crippen LogP contribution in [0.3, 0.4) is 0 Å². The van der Waals surface area contributed by atoms with Crippen LogP contribution in [-0.2, 0) is 12.6 Å². The second-order valence-electron chi connectivity index (χ2n) is 5.88. The van der Waals surface area contributed by atoms with Gasteiger partial charge in [-0.15, -0.1) is 10.2 Å². The first-order valence-electron chi connectivity index (χ1n) is 8.02. The van der Waals surface area contributed by atoms with Crippen molar-refractivity contribution in [3.8, 4) is 0 Å². The number of H-pyrrole nitrogens is 1. The van der Waals surface area contributed by atoms with Gasteiger partial charge in [0.1, 0.15) is 5.52 Å². The molecule has 0 aliphatic heterocycles. The Morgan fingerprint density at radius 3 is 2.69 bits per heavy atom. The van der Waals surface area contributed by atoms with Crippen molar-refractivity contribution in [1.82, 2.24) is 20.2 Å². The molecule has 5 nitrogen and oxygen atoms in total. The summed E-state index contributed by atoms with van der Waals surface area (Å²) < 4.78 is 38.2. The Morgan fingerprint density at radius 2 is 1.85 bits per heavy atom. The fraction of sp³-hybridized carbons (Fsp3) is 0.167. The molecule has 0 saturated heterocycles. The highest BCUT2D eigenvalue weighted by atomic mass is 19.4. The van der Waals surface area contributed by atoms with E-state index in [1.54, 1.807) is 6.07 Å². The quantitative estimate of drug-likeness (QED) is 0.575. The van der Waals surface area contributed by atoms with Crippen LogP contribution >= 0.6 is 0 Å². The van der Waals surface area contributed by atoms with Crippen LogP contribution in [0.1, 0.15) is 11.1 Å². The average Bonchev–Trinajstić information content (AvgIpc) is 2.99. The molecule has 2 heterocycles. The van der Waals surface area contributed by atoms with E-state index in [2.05, 4.69) is 25.5 Å². The largest absolute Gasteiger partial charge is 0.416 e. The standard InChI is InChI=1S/C18H14F3N5/c19-18(20,21)12-5-3-4-11(10-12)8-9-22-17-24-16-15(25-26-17)13-6-1-2-7-14(13)23-16/h1-7,10H,8-9H2,(H2,22,23,24,26). The molecule has 0 fully saturated rings. The zero-order valence-corrected chi connectivity index (χ0v) is 13.5. The Bertz CT molecular complexity index is 1070. The first-order chi connectivity index (χ1) is 12.5. The maximum Gasteiger partial charge on any atom is 0.416 e. The normalized spacial score (nSPS) is 12.0. The number of hydrogen-bond acceptors (Lipinski definition) is 4. The van der Waals surface area contributed by atoms with Gasteiger partial charge < -0.3 is 10.3 Å². The number of fused-ring (bicyclic) bond motifs is 3. The predicted molar refractivity (Wildman–Crippen MR) is 92.8 cm³/mol. The monoisotopic (exact) mass is 357 g/mol. The number of aromatic nitrogens is 4. The number of benzene rings is 2. The molecule has 2 aromatic heterocycles. The fourth-order valence-corrected chi connectivity index (χ4v) is 2.82. The van der Waals surface area contributed by atoms with E-state index < -0.39 is 11.7 Å². The van der Waals surface area contributed by atoms with Crippen molar-refractivity contribution < 1.29 is 13.2 Å². The molecule has 132 valence electrons. The summed E-state index contributed by atoms with van der Waals surface area (Å²) >= 11 is 0. The van der Waals surface area contributed by atoms with Crippen molar-refractivity contribution >= 4 is 28.0 Å². The van der Waals surface area contributed by atoms with Gasteiger partial charge in [-0.25, -0.2) is 0 Å². The number of rotatable bonds is 4. The van der Waals surface area contributed by atoms with E-state index in [4.69, 9.17) is 0 Å². The molecule has 8 heteroatoms. The smallest absolute Gasteiger partial charge is 0.353 e. The lowest BCUT2D eigenvalue weighted by atomic mass is 10.1. The van der Waals surface area contributed by atoms with Crippen molar-refractivity contribution in [1.29, 1.82) is 0 Å². The Morgan fingerprint density at radius 1 is 1.00 bits per heavy atom. The van der Waals surface area contributed by atoms with Gasteiger partial charge in [-0.2, -0.15) is 18.2 Å². The van der Waals surface area contributed by atoms with Crippen molar-refractivity contribution in [2.24, 2.45) is 0 Å². The van der Waals surface area contributed by atoms with Crippen LogP contribution < -0.4 is 5.32 Å². The molecule has 2 aromatic carbocycles. The second-order valence-corrected chi connectivity index (χ2v) is 5.88. The summed E-state index contributed by atoms with van der Waals surface area (Å²) in [5, 5.41) is 12.2. The van der Waals surface area contributed by atoms with Gasteiger partial charge in [-0.3, -0.25) is 0 Å². The van der Waals surface area contributed by atoms with Gasteiger partial charge in [0.15, 0.2) is 5.65 Å². The molecule has 2 N–H and O–H groups in total. The Labute approximate surface area is 146 Å². The van der Waals surface area contributed by atoms with Crippen LogP contribution in [0.4, 0.5) is 19.1 Å². The molecule has 0 atom stereocenters. The van der Waals surface area contributed by atoms with Crippen LogP contribution in [0, 0.1) is 0 Å². The topological polar surface area (TPSA) is 66.5 Å². The summed E-state index contributed by atoms with van der Waals surface area (Å²) in [4.78, 5) is 7.55. The number of nitrogens with one attached hydrogen (secondary N) is 2. The van der Waals surface area contributed by atoms with Gasteiger partial charge in [-0.05, 0) is 24.1 Å². The SMILES string of the molecule is FC(F)(F)c1cccc(CCNc2nnc3c(n2)[nH]c2ccccc23)c1. The van der Waals surface area contributed by atoms with Crippen LogP contribution in [-0.4, -0.2) is 26.7 Å². The molecule has 0 aliphatic carbocycles. The van der Waals surface area contributed by atoms with E-state index in [9.17, 15) is 13.2 Å². The second kappa shape index (κ2) is 6.29. The molecule has 0 radical (unpaired) electrons. The van der Waals surface area contributed by atoms with Gasteiger partial charge >= 0.3 is 6.18 Å². The lowest BCUT2D eigenvalue weighted by molar-refractivity contribution is -0.137. The van der Waals surface area contributed by atoms with Gasteiger partial charge in [0.25, 0.3) is 0 Å². The van der Waals surface area contributed by atoms with E-state index in [1.807, 2.05) is 24.3 Å². The minimum absolute atomic E-state index is 0.330. The van der Waals surface area contributed by atoms with E-state index in [0.29, 0.717) is 35.6 Å². The predicted octanol–water partition coefficient (Wildman–Crippen LogP) is 4.18. The third kappa shape index (κ3) is 3.17. The molecule has 4 aromatic rings. The molecule has 0 bridgehead atoms. The van der Waals surface area contributed by atoms with Crippen molar-refractivity contribution in [2.45, 2.75) is 12.6 Å². The van der Waals surface area contributed by atoms with Crippen LogP contribution in [0.15, 0.2) is 48.5 Å². The van der Waals surface area contributed by atoms with E-state index >= 15 is 0 Å². The average molecular weight is 357 g/mol. The summed E-state index contributed by atoms with van der Waals surface area (Å²) in [5.41, 5.74) is 2.16. The molecule has 0 unspecified atom stereocenters. The highest BCUT2D eigenvalue weighted by molar-refractivity contribution is 6.03. The minimum atomic E-state index is -4.34. The number of nitrogens with zero attached hydrogens (tertiary/aromatic N) is 3. The molecule has 0 amide bonds. The number of aromatic amines is 1. The number of halogens is 3. The van der Waals surface area contributed by atoms with Gasteiger partial charge in [-0.1, -0.05) is 36.4 Å². The molecule has 4 rings (SSSR count). The lowest BCUT2D eigenvalue weighted by Gasteiger charge is -2.09. The summed E-state index contributed by atoms with van der Waals surface area (Å²) in [6, 6.07) is 13.0. The molecule has 0 saturated carbocycles. The third-order valence-corrected chi connectivity index (χ3v) is 4.07. The number of anilines is 1. The van der Waals surface area contributed by atoms with Crippen molar-refractivity contribution in [2.75, 3.05) is 11.9 Å². The number of para-hydroxylation sites is 1. The van der Waals surface area contributed by atoms with Gasteiger partial charge in [0.05, 0.1) is 5.56 Å². The van der Waals surface area contributed by atoms with Crippen LogP contribution in [0.2, 0.25) is 0 Å². The van der Waals surface area contributed by atoms with Crippen molar-refractivity contribution in [3.05, 3.63) is 59.7 Å². The van der Waals surface area contributed by atoms with Crippen LogP contribution in [0.25, 0.3) is 22.1 Å². The molecular weight excluding hydrogens is 343 g/mol. The highest BCUT2D eigenvalue weighted by Crippen LogP contribution is 2.29. The van der Waals surface area contributed by atoms with E-state index in [-0.39, 0.29) is 0 Å². The maximum atomic E-state index is 12.7. The summed E-state index contributed by atoms with van der Waals surface area (Å²) in [7, 11) is 0. The highest BCUT2D eigenvalue weighted by Gasteiger charge is 2.30. The Hall–Kier alpha value is -3.16. The number of alkyl halides is 3. The molecule has 0 aliphatic rings. The first kappa shape index (κ1) is 16.3. The summed E-state index contributed by atoms with van der Waals surface area (Å²) in [6.45, 7) is 0.398. The third-order valence-electron chi connectivity index (χ3n) is 4.07. The van der Waals surface area contributed by atoms with E-state index in [0.717, 1.165) is 23.0 Å². The fourth-order valence-electron chi connectivity index (χ4n) is 2.82.